The number of anilines is 1. The van der Waals surface area contributed by atoms with Crippen molar-refractivity contribution in [2.75, 3.05) is 24.8 Å². The third-order valence-corrected chi connectivity index (χ3v) is 5.89. The lowest BCUT2D eigenvalue weighted by atomic mass is 10.1. The van der Waals surface area contributed by atoms with Crippen LogP contribution in [0.5, 0.6) is 11.5 Å². The fourth-order valence-electron chi connectivity index (χ4n) is 3.01. The number of carbonyl (C=O) groups is 1. The van der Waals surface area contributed by atoms with E-state index < -0.39 is 28.0 Å². The number of amides is 1. The van der Waals surface area contributed by atoms with Crippen LogP contribution < -0.4 is 19.1 Å². The molecule has 0 aromatic heterocycles. The lowest BCUT2D eigenvalue weighted by Crippen LogP contribution is -2.48. The van der Waals surface area contributed by atoms with E-state index in [1.807, 2.05) is 0 Å². The van der Waals surface area contributed by atoms with Crippen LogP contribution in [0, 0.1) is 0 Å². The Bertz CT molecular complexity index is 981. The summed E-state index contributed by atoms with van der Waals surface area (Å²) in [5.74, 6) is 0.737. The van der Waals surface area contributed by atoms with Gasteiger partial charge in [-0.15, -0.1) is 0 Å². The Hall–Kier alpha value is -2.45. The number of benzene rings is 2. The van der Waals surface area contributed by atoms with Crippen LogP contribution in [-0.2, 0) is 14.8 Å². The highest BCUT2D eigenvalue weighted by Gasteiger charge is 2.30. The highest BCUT2D eigenvalue weighted by molar-refractivity contribution is 7.92. The van der Waals surface area contributed by atoms with Crippen LogP contribution in [0.25, 0.3) is 0 Å². The minimum Gasteiger partial charge on any atom is -0.497 e. The van der Waals surface area contributed by atoms with E-state index in [4.69, 9.17) is 21.1 Å². The second kappa shape index (κ2) is 9.37. The zero-order chi connectivity index (χ0) is 21.8. The van der Waals surface area contributed by atoms with E-state index in [-0.39, 0.29) is 0 Å². The van der Waals surface area contributed by atoms with Crippen molar-refractivity contribution < 1.29 is 22.7 Å². The van der Waals surface area contributed by atoms with Crippen LogP contribution in [0.1, 0.15) is 25.5 Å². The van der Waals surface area contributed by atoms with Gasteiger partial charge in [0, 0.05) is 10.6 Å². The number of rotatable bonds is 8. The molecule has 0 saturated carbocycles. The molecule has 2 rings (SSSR count). The standard InChI is InChI=1S/C20H25ClN2O5S/c1-13(18-12-17(27-3)9-10-19(18)28-4)22-20(24)14(2)23(29(5,25)26)16-8-6-7-15(21)11-16/h6-14H,1-5H3,(H,22,24). The summed E-state index contributed by atoms with van der Waals surface area (Å²) in [6, 6.07) is 10.2. The molecule has 1 N–H and O–H groups in total. The zero-order valence-electron chi connectivity index (χ0n) is 17.0. The SMILES string of the molecule is COc1ccc(OC)c(C(C)NC(=O)C(C)N(c2cccc(Cl)c2)S(C)(=O)=O)c1. The topological polar surface area (TPSA) is 84.9 Å². The molecule has 0 heterocycles. The predicted molar refractivity (Wildman–Crippen MR) is 114 cm³/mol. The van der Waals surface area contributed by atoms with Gasteiger partial charge in [0.1, 0.15) is 17.5 Å². The first-order chi connectivity index (χ1) is 13.6. The van der Waals surface area contributed by atoms with Crippen molar-refractivity contribution >= 4 is 33.2 Å². The van der Waals surface area contributed by atoms with Gasteiger partial charge in [0.05, 0.1) is 32.2 Å². The molecule has 0 aliphatic carbocycles. The summed E-state index contributed by atoms with van der Waals surface area (Å²) in [4.78, 5) is 12.9. The molecule has 158 valence electrons. The van der Waals surface area contributed by atoms with Crippen LogP contribution in [0.3, 0.4) is 0 Å². The molecule has 2 aromatic carbocycles. The zero-order valence-corrected chi connectivity index (χ0v) is 18.5. The van der Waals surface area contributed by atoms with Crippen molar-refractivity contribution in [3.63, 3.8) is 0 Å². The smallest absolute Gasteiger partial charge is 0.244 e. The van der Waals surface area contributed by atoms with E-state index in [0.717, 1.165) is 10.6 Å². The molecule has 7 nitrogen and oxygen atoms in total. The van der Waals surface area contributed by atoms with E-state index in [9.17, 15) is 13.2 Å². The third-order valence-electron chi connectivity index (χ3n) is 4.41. The fraction of sp³-hybridized carbons (Fsp3) is 0.350. The van der Waals surface area contributed by atoms with Gasteiger partial charge in [0.25, 0.3) is 0 Å². The Morgan fingerprint density at radius 3 is 2.34 bits per heavy atom. The van der Waals surface area contributed by atoms with E-state index in [0.29, 0.717) is 27.8 Å². The molecule has 2 aromatic rings. The summed E-state index contributed by atoms with van der Waals surface area (Å²) >= 11 is 6.00. The summed E-state index contributed by atoms with van der Waals surface area (Å²) in [5.41, 5.74) is 1.02. The minimum absolute atomic E-state index is 0.314. The van der Waals surface area contributed by atoms with E-state index >= 15 is 0 Å². The maximum absolute atomic E-state index is 12.9. The highest BCUT2D eigenvalue weighted by atomic mass is 35.5. The average molecular weight is 441 g/mol. The third kappa shape index (κ3) is 5.55. The Morgan fingerprint density at radius 2 is 1.79 bits per heavy atom. The van der Waals surface area contributed by atoms with Crippen molar-refractivity contribution in [3.05, 3.63) is 53.1 Å². The number of nitrogens with zero attached hydrogens (tertiary/aromatic N) is 1. The number of methoxy groups -OCH3 is 2. The summed E-state index contributed by atoms with van der Waals surface area (Å²) in [6.45, 7) is 3.30. The average Bonchev–Trinajstić information content (AvgIpc) is 2.66. The summed E-state index contributed by atoms with van der Waals surface area (Å²) in [5, 5.41) is 3.22. The first-order valence-electron chi connectivity index (χ1n) is 8.85. The molecule has 29 heavy (non-hydrogen) atoms. The van der Waals surface area contributed by atoms with Gasteiger partial charge in [0.15, 0.2) is 0 Å². The molecular formula is C20H25ClN2O5S. The van der Waals surface area contributed by atoms with Crippen LogP contribution in [-0.4, -0.2) is 40.8 Å². The fourth-order valence-corrected chi connectivity index (χ4v) is 4.36. The molecule has 0 aliphatic heterocycles. The van der Waals surface area contributed by atoms with Crippen molar-refractivity contribution in [1.29, 1.82) is 0 Å². The number of hydrogen-bond acceptors (Lipinski definition) is 5. The lowest BCUT2D eigenvalue weighted by molar-refractivity contribution is -0.122. The number of halogens is 1. The van der Waals surface area contributed by atoms with Crippen LogP contribution >= 0.6 is 11.6 Å². The first-order valence-corrected chi connectivity index (χ1v) is 11.1. The molecule has 2 atom stereocenters. The molecule has 0 spiro atoms. The van der Waals surface area contributed by atoms with E-state index in [1.165, 1.54) is 20.1 Å². The molecule has 0 bridgehead atoms. The van der Waals surface area contributed by atoms with Crippen molar-refractivity contribution in [1.82, 2.24) is 5.32 Å². The monoisotopic (exact) mass is 440 g/mol. The predicted octanol–water partition coefficient (Wildman–Crippen LogP) is 3.39. The highest BCUT2D eigenvalue weighted by Crippen LogP contribution is 2.30. The van der Waals surface area contributed by atoms with E-state index in [1.54, 1.807) is 50.4 Å². The van der Waals surface area contributed by atoms with Gasteiger partial charge in [-0.25, -0.2) is 8.42 Å². The van der Waals surface area contributed by atoms with Crippen molar-refractivity contribution in [2.45, 2.75) is 25.9 Å². The number of hydrogen-bond donors (Lipinski definition) is 1. The lowest BCUT2D eigenvalue weighted by Gasteiger charge is -2.29. The van der Waals surface area contributed by atoms with Crippen LogP contribution in [0.4, 0.5) is 5.69 Å². The Kier molecular flexibility index (Phi) is 7.37. The second-order valence-electron chi connectivity index (χ2n) is 6.55. The van der Waals surface area contributed by atoms with Gasteiger partial charge in [-0.05, 0) is 50.2 Å². The number of sulfonamides is 1. The summed E-state index contributed by atoms with van der Waals surface area (Å²) in [7, 11) is -0.651. The molecular weight excluding hydrogens is 416 g/mol. The largest absolute Gasteiger partial charge is 0.497 e. The van der Waals surface area contributed by atoms with Crippen molar-refractivity contribution in [2.24, 2.45) is 0 Å². The van der Waals surface area contributed by atoms with Gasteiger partial charge in [0.2, 0.25) is 15.9 Å². The number of ether oxygens (including phenoxy) is 2. The first kappa shape index (κ1) is 22.8. The Labute approximate surface area is 176 Å². The second-order valence-corrected chi connectivity index (χ2v) is 8.85. The van der Waals surface area contributed by atoms with Crippen LogP contribution in [0.15, 0.2) is 42.5 Å². The summed E-state index contributed by atoms with van der Waals surface area (Å²) < 4.78 is 36.4. The minimum atomic E-state index is -3.73. The van der Waals surface area contributed by atoms with Gasteiger partial charge < -0.3 is 14.8 Å². The molecule has 0 radical (unpaired) electrons. The van der Waals surface area contributed by atoms with Gasteiger partial charge >= 0.3 is 0 Å². The van der Waals surface area contributed by atoms with Crippen molar-refractivity contribution in [3.8, 4) is 11.5 Å². The quantitative estimate of drug-likeness (QED) is 0.680. The molecule has 9 heteroatoms. The molecule has 0 fully saturated rings. The van der Waals surface area contributed by atoms with Crippen LogP contribution in [0.2, 0.25) is 5.02 Å². The van der Waals surface area contributed by atoms with Gasteiger partial charge in [-0.3, -0.25) is 9.10 Å². The van der Waals surface area contributed by atoms with Gasteiger partial charge in [-0.1, -0.05) is 17.7 Å². The molecule has 2 unspecified atom stereocenters. The Morgan fingerprint density at radius 1 is 1.10 bits per heavy atom. The molecule has 0 aliphatic rings. The van der Waals surface area contributed by atoms with Gasteiger partial charge in [-0.2, -0.15) is 0 Å². The van der Waals surface area contributed by atoms with E-state index in [2.05, 4.69) is 5.32 Å². The summed E-state index contributed by atoms with van der Waals surface area (Å²) in [6.07, 6.45) is 1.05. The number of carbonyl (C=O) groups excluding carboxylic acids is 1. The maximum Gasteiger partial charge on any atom is 0.244 e. The number of nitrogens with one attached hydrogen (secondary N) is 1. The molecule has 1 amide bonds. The normalized spacial score (nSPS) is 13.3. The molecule has 0 saturated heterocycles. The maximum atomic E-state index is 12.9. The Balaban J connectivity index is 2.30.